The summed E-state index contributed by atoms with van der Waals surface area (Å²) in [7, 11) is 0. The lowest BCUT2D eigenvalue weighted by molar-refractivity contribution is -0.131. The summed E-state index contributed by atoms with van der Waals surface area (Å²) in [4.78, 5) is 20.7. The minimum Gasteiger partial charge on any atom is -0.358 e. The van der Waals surface area contributed by atoms with Crippen molar-refractivity contribution in [2.45, 2.75) is 19.9 Å². The van der Waals surface area contributed by atoms with Crippen molar-refractivity contribution in [1.29, 1.82) is 0 Å². The molecule has 26 heavy (non-hydrogen) atoms. The predicted molar refractivity (Wildman–Crippen MR) is 105 cm³/mol. The maximum absolute atomic E-state index is 12.9. The fourth-order valence-electron chi connectivity index (χ4n) is 2.78. The number of hydrogen-bond donors (Lipinski definition) is 1. The van der Waals surface area contributed by atoms with Crippen molar-refractivity contribution in [3.63, 3.8) is 0 Å². The molecule has 1 aromatic heterocycles. The number of carbonyl (C=O) groups excluding carboxylic acids is 1. The number of aryl methyl sites for hydroxylation is 1. The number of carbonyl (C=O) groups is 1. The Labute approximate surface area is 161 Å². The van der Waals surface area contributed by atoms with Gasteiger partial charge in [-0.05, 0) is 36.8 Å². The van der Waals surface area contributed by atoms with Gasteiger partial charge in [0.25, 0.3) is 0 Å². The number of hydrogen-bond acceptors (Lipinski definition) is 4. The van der Waals surface area contributed by atoms with Crippen LogP contribution in [0.25, 0.3) is 0 Å². The van der Waals surface area contributed by atoms with Crippen molar-refractivity contribution in [2.75, 3.05) is 26.2 Å². The number of nitrogens with one attached hydrogen (secondary N) is 1. The first kappa shape index (κ1) is 18.7. The van der Waals surface area contributed by atoms with E-state index in [2.05, 4.69) is 15.2 Å². The van der Waals surface area contributed by atoms with Crippen molar-refractivity contribution in [3.8, 4) is 0 Å². The Morgan fingerprint density at radius 3 is 2.50 bits per heavy atom. The van der Waals surface area contributed by atoms with Gasteiger partial charge in [-0.15, -0.1) is 11.3 Å². The zero-order valence-corrected chi connectivity index (χ0v) is 16.2. The van der Waals surface area contributed by atoms with Crippen LogP contribution in [0.2, 0.25) is 0 Å². The van der Waals surface area contributed by atoms with Crippen LogP contribution in [0, 0.1) is 12.7 Å². The molecular formula is C18H21FN4OS2. The molecule has 0 radical (unpaired) electrons. The lowest BCUT2D eigenvalue weighted by Gasteiger charge is -2.36. The minimum absolute atomic E-state index is 0.115. The van der Waals surface area contributed by atoms with Gasteiger partial charge in [-0.2, -0.15) is 0 Å². The van der Waals surface area contributed by atoms with Crippen LogP contribution in [0.1, 0.15) is 16.3 Å². The first-order valence-corrected chi connectivity index (χ1v) is 9.76. The van der Waals surface area contributed by atoms with Crippen LogP contribution in [0.4, 0.5) is 4.39 Å². The van der Waals surface area contributed by atoms with E-state index in [4.69, 9.17) is 12.2 Å². The number of thiocarbonyl (C=S) groups is 1. The molecule has 1 aliphatic heterocycles. The third-order valence-electron chi connectivity index (χ3n) is 4.25. The van der Waals surface area contributed by atoms with E-state index in [0.29, 0.717) is 44.3 Å². The number of thiazole rings is 1. The Morgan fingerprint density at radius 1 is 1.23 bits per heavy atom. The van der Waals surface area contributed by atoms with Gasteiger partial charge >= 0.3 is 0 Å². The Morgan fingerprint density at radius 2 is 1.88 bits per heavy atom. The van der Waals surface area contributed by atoms with Crippen LogP contribution in [0.5, 0.6) is 0 Å². The number of aromatic nitrogens is 1. The third kappa shape index (κ3) is 4.98. The number of rotatable bonds is 4. The molecular weight excluding hydrogens is 371 g/mol. The van der Waals surface area contributed by atoms with Crippen molar-refractivity contribution in [1.82, 2.24) is 20.1 Å². The number of piperazine rings is 1. The van der Waals surface area contributed by atoms with Gasteiger partial charge in [-0.25, -0.2) is 9.37 Å². The van der Waals surface area contributed by atoms with Crippen molar-refractivity contribution >= 4 is 34.6 Å². The van der Waals surface area contributed by atoms with E-state index in [-0.39, 0.29) is 11.7 Å². The average molecular weight is 393 g/mol. The molecule has 2 heterocycles. The molecule has 5 nitrogen and oxygen atoms in total. The second-order valence-electron chi connectivity index (χ2n) is 6.21. The van der Waals surface area contributed by atoms with E-state index < -0.39 is 0 Å². The molecule has 1 aromatic carbocycles. The van der Waals surface area contributed by atoms with Crippen LogP contribution in [0.3, 0.4) is 0 Å². The largest absolute Gasteiger partial charge is 0.358 e. The summed E-state index contributed by atoms with van der Waals surface area (Å²) in [5.41, 5.74) is 1.93. The zero-order chi connectivity index (χ0) is 18.5. The molecule has 0 unspecified atom stereocenters. The molecule has 0 spiro atoms. The standard InChI is InChI=1S/C18H21FN4OS2/c1-13-12-26-16(21-13)10-17(24)22-6-8-23(9-7-22)18(25)20-11-14-2-4-15(19)5-3-14/h2-5,12H,6-11H2,1H3,(H,20,25). The molecule has 1 fully saturated rings. The first-order valence-electron chi connectivity index (χ1n) is 8.47. The van der Waals surface area contributed by atoms with Crippen molar-refractivity contribution < 1.29 is 9.18 Å². The maximum Gasteiger partial charge on any atom is 0.229 e. The molecule has 1 aliphatic rings. The summed E-state index contributed by atoms with van der Waals surface area (Å²) in [5.74, 6) is -0.130. The molecule has 1 amide bonds. The summed E-state index contributed by atoms with van der Waals surface area (Å²) in [5, 5.41) is 6.69. The molecule has 1 saturated heterocycles. The minimum atomic E-state index is -0.245. The predicted octanol–water partition coefficient (Wildman–Crippen LogP) is 2.35. The van der Waals surface area contributed by atoms with Gasteiger partial charge in [0.1, 0.15) is 10.8 Å². The summed E-state index contributed by atoms with van der Waals surface area (Å²) >= 11 is 6.97. The Hall–Kier alpha value is -2.06. The second kappa shape index (κ2) is 8.55. The van der Waals surface area contributed by atoms with Crippen LogP contribution in [0.15, 0.2) is 29.6 Å². The van der Waals surface area contributed by atoms with E-state index in [1.165, 1.54) is 23.5 Å². The summed E-state index contributed by atoms with van der Waals surface area (Å²) in [6.07, 6.45) is 0.367. The van der Waals surface area contributed by atoms with E-state index in [9.17, 15) is 9.18 Å². The topological polar surface area (TPSA) is 48.5 Å². The van der Waals surface area contributed by atoms with Crippen LogP contribution < -0.4 is 5.32 Å². The van der Waals surface area contributed by atoms with Gasteiger partial charge in [0, 0.05) is 43.8 Å². The molecule has 2 aromatic rings. The van der Waals surface area contributed by atoms with Crippen molar-refractivity contribution in [3.05, 3.63) is 51.7 Å². The molecule has 0 aliphatic carbocycles. The van der Waals surface area contributed by atoms with E-state index in [0.717, 1.165) is 16.3 Å². The fourth-order valence-corrected chi connectivity index (χ4v) is 3.79. The summed E-state index contributed by atoms with van der Waals surface area (Å²) < 4.78 is 12.9. The molecule has 1 N–H and O–H groups in total. The second-order valence-corrected chi connectivity index (χ2v) is 7.54. The van der Waals surface area contributed by atoms with E-state index in [1.54, 1.807) is 12.1 Å². The highest BCUT2D eigenvalue weighted by atomic mass is 32.1. The van der Waals surface area contributed by atoms with Gasteiger partial charge < -0.3 is 15.1 Å². The average Bonchev–Trinajstić information content (AvgIpc) is 3.06. The Bertz CT molecular complexity index is 770. The quantitative estimate of drug-likeness (QED) is 0.810. The fraction of sp³-hybridized carbons (Fsp3) is 0.389. The number of halogens is 1. The summed E-state index contributed by atoms with van der Waals surface area (Å²) in [6, 6.07) is 6.35. The Kier molecular flexibility index (Phi) is 6.16. The van der Waals surface area contributed by atoms with Gasteiger partial charge in [0.05, 0.1) is 6.42 Å². The number of nitrogens with zero attached hydrogens (tertiary/aromatic N) is 3. The van der Waals surface area contributed by atoms with E-state index >= 15 is 0 Å². The highest BCUT2D eigenvalue weighted by Crippen LogP contribution is 2.12. The molecule has 0 atom stereocenters. The lowest BCUT2D eigenvalue weighted by atomic mass is 10.2. The summed E-state index contributed by atoms with van der Waals surface area (Å²) in [6.45, 7) is 5.21. The third-order valence-corrected chi connectivity index (χ3v) is 5.61. The number of amides is 1. The van der Waals surface area contributed by atoms with Crippen LogP contribution in [-0.4, -0.2) is 52.0 Å². The van der Waals surface area contributed by atoms with Crippen LogP contribution >= 0.6 is 23.6 Å². The SMILES string of the molecule is Cc1csc(CC(=O)N2CCN(C(=S)NCc3ccc(F)cc3)CC2)n1. The highest BCUT2D eigenvalue weighted by molar-refractivity contribution is 7.80. The van der Waals surface area contributed by atoms with E-state index in [1.807, 2.05) is 17.2 Å². The van der Waals surface area contributed by atoms with Gasteiger partial charge in [0.15, 0.2) is 5.11 Å². The molecule has 3 rings (SSSR count). The highest BCUT2D eigenvalue weighted by Gasteiger charge is 2.23. The normalized spacial score (nSPS) is 14.4. The first-order chi connectivity index (χ1) is 12.5. The van der Waals surface area contributed by atoms with Gasteiger partial charge in [-0.3, -0.25) is 4.79 Å². The van der Waals surface area contributed by atoms with Gasteiger partial charge in [0.2, 0.25) is 5.91 Å². The smallest absolute Gasteiger partial charge is 0.229 e. The Balaban J connectivity index is 1.43. The monoisotopic (exact) mass is 392 g/mol. The lowest BCUT2D eigenvalue weighted by Crippen LogP contribution is -2.53. The van der Waals surface area contributed by atoms with Crippen molar-refractivity contribution in [2.24, 2.45) is 0 Å². The molecule has 0 bridgehead atoms. The maximum atomic E-state index is 12.9. The molecule has 138 valence electrons. The van der Waals surface area contributed by atoms with Crippen LogP contribution in [-0.2, 0) is 17.8 Å². The zero-order valence-electron chi connectivity index (χ0n) is 14.6. The molecule has 0 saturated carbocycles. The van der Waals surface area contributed by atoms with Gasteiger partial charge in [-0.1, -0.05) is 12.1 Å². The number of benzene rings is 1. The molecule has 8 heteroatoms.